The number of halogens is 1. The molecule has 1 aliphatic heterocycles. The Balaban J connectivity index is 1.28. The molecule has 1 aromatic carbocycles. The molecule has 37 heavy (non-hydrogen) atoms. The molecule has 4 heterocycles. The number of rotatable bonds is 8. The van der Waals surface area contributed by atoms with Gasteiger partial charge in [0.1, 0.15) is 32.9 Å². The molecule has 0 atom stereocenters. The van der Waals surface area contributed by atoms with Gasteiger partial charge >= 0.3 is 0 Å². The monoisotopic (exact) mass is 526 g/mol. The summed E-state index contributed by atoms with van der Waals surface area (Å²) in [6.07, 6.45) is 4.27. The van der Waals surface area contributed by atoms with Crippen molar-refractivity contribution in [1.82, 2.24) is 24.9 Å². The van der Waals surface area contributed by atoms with Gasteiger partial charge in [-0.1, -0.05) is 5.16 Å². The standard InChI is InChI=1S/C25H27FN6O4S/c1-17-28-25(23-14-22(30-36-23)19-3-5-20(6-4-19)35-16-26)29-32(17)15-18-7-10-27-24(13-18)31-11-8-21(9-12-31)37(2,33)34/h3-7,10,13-14,21H,8-9,11-12,15-16H2,1-2H3. The van der Waals surface area contributed by atoms with Gasteiger partial charge in [-0.15, -0.1) is 5.10 Å². The molecule has 0 spiro atoms. The number of hydrogen-bond donors (Lipinski definition) is 0. The highest BCUT2D eigenvalue weighted by Gasteiger charge is 2.27. The molecule has 0 N–H and O–H groups in total. The summed E-state index contributed by atoms with van der Waals surface area (Å²) in [5.41, 5.74) is 2.40. The number of nitrogens with zero attached hydrogens (tertiary/aromatic N) is 6. The molecule has 10 nitrogen and oxygen atoms in total. The van der Waals surface area contributed by atoms with E-state index in [4.69, 9.17) is 9.26 Å². The molecule has 4 aromatic rings. The van der Waals surface area contributed by atoms with Crippen molar-refractivity contribution in [1.29, 1.82) is 0 Å². The molecule has 0 aliphatic carbocycles. The van der Waals surface area contributed by atoms with Crippen LogP contribution in [0.25, 0.3) is 22.8 Å². The number of alkyl halides is 1. The quantitative estimate of drug-likeness (QED) is 0.339. The lowest BCUT2D eigenvalue weighted by atomic mass is 10.1. The smallest absolute Gasteiger partial charge is 0.228 e. The van der Waals surface area contributed by atoms with E-state index in [-0.39, 0.29) is 5.25 Å². The van der Waals surface area contributed by atoms with E-state index in [2.05, 4.69) is 25.1 Å². The van der Waals surface area contributed by atoms with Crippen LogP contribution in [0.2, 0.25) is 0 Å². The van der Waals surface area contributed by atoms with Crippen LogP contribution in [0.3, 0.4) is 0 Å². The van der Waals surface area contributed by atoms with Crippen LogP contribution in [-0.2, 0) is 16.4 Å². The molecule has 0 radical (unpaired) electrons. The predicted molar refractivity (Wildman–Crippen MR) is 136 cm³/mol. The number of sulfone groups is 1. The molecule has 3 aromatic heterocycles. The first kappa shape index (κ1) is 24.9. The summed E-state index contributed by atoms with van der Waals surface area (Å²) in [5.74, 6) is 2.83. The van der Waals surface area contributed by atoms with Gasteiger partial charge in [-0.3, -0.25) is 0 Å². The van der Waals surface area contributed by atoms with Crippen LogP contribution in [0.15, 0.2) is 53.2 Å². The molecule has 194 valence electrons. The highest BCUT2D eigenvalue weighted by atomic mass is 32.2. The molecule has 0 saturated carbocycles. The first-order valence-electron chi connectivity index (χ1n) is 11.9. The molecule has 1 fully saturated rings. The first-order chi connectivity index (χ1) is 17.8. The minimum Gasteiger partial charge on any atom is -0.463 e. The van der Waals surface area contributed by atoms with E-state index in [1.54, 1.807) is 41.2 Å². The lowest BCUT2D eigenvalue weighted by molar-refractivity contribution is 0.192. The van der Waals surface area contributed by atoms with Crippen molar-refractivity contribution in [3.63, 3.8) is 0 Å². The molecule has 1 aliphatic rings. The molecular weight excluding hydrogens is 499 g/mol. The fraction of sp³-hybridized carbons (Fsp3) is 0.360. The first-order valence-corrected chi connectivity index (χ1v) is 13.8. The normalized spacial score (nSPS) is 14.7. The topological polar surface area (TPSA) is 116 Å². The zero-order chi connectivity index (χ0) is 26.0. The molecular formula is C25H27FN6O4S. The van der Waals surface area contributed by atoms with Crippen molar-refractivity contribution in [2.45, 2.75) is 31.6 Å². The van der Waals surface area contributed by atoms with Crippen molar-refractivity contribution in [3.8, 4) is 28.6 Å². The lowest BCUT2D eigenvalue weighted by Gasteiger charge is -2.32. The van der Waals surface area contributed by atoms with Crippen LogP contribution in [-0.4, -0.2) is 64.8 Å². The molecule has 0 unspecified atom stereocenters. The van der Waals surface area contributed by atoms with Crippen LogP contribution < -0.4 is 9.64 Å². The summed E-state index contributed by atoms with van der Waals surface area (Å²) < 4.78 is 48.2. The van der Waals surface area contributed by atoms with Crippen LogP contribution in [0.1, 0.15) is 24.2 Å². The maximum atomic E-state index is 12.3. The SMILES string of the molecule is Cc1nc(-c2cc(-c3ccc(OCF)cc3)no2)nn1Cc1ccnc(N2CCC(S(C)(=O)=O)CC2)c1. The fourth-order valence-electron chi connectivity index (χ4n) is 4.39. The van der Waals surface area contributed by atoms with Gasteiger partial charge < -0.3 is 14.2 Å². The largest absolute Gasteiger partial charge is 0.463 e. The van der Waals surface area contributed by atoms with Gasteiger partial charge in [-0.25, -0.2) is 27.5 Å². The van der Waals surface area contributed by atoms with E-state index in [1.807, 2.05) is 19.1 Å². The van der Waals surface area contributed by atoms with E-state index in [0.29, 0.717) is 61.3 Å². The summed E-state index contributed by atoms with van der Waals surface area (Å²) in [7, 11) is -3.02. The van der Waals surface area contributed by atoms with E-state index >= 15 is 0 Å². The number of anilines is 1. The van der Waals surface area contributed by atoms with Crippen LogP contribution in [0, 0.1) is 6.92 Å². The van der Waals surface area contributed by atoms with Crippen LogP contribution >= 0.6 is 0 Å². The number of aryl methyl sites for hydroxylation is 1. The Hall–Kier alpha value is -3.80. The lowest BCUT2D eigenvalue weighted by Crippen LogP contribution is -2.39. The Bertz CT molecular complexity index is 1480. The Morgan fingerprint density at radius 1 is 1.14 bits per heavy atom. The highest BCUT2D eigenvalue weighted by molar-refractivity contribution is 7.91. The van der Waals surface area contributed by atoms with Crippen molar-refractivity contribution in [3.05, 3.63) is 60.0 Å². The minimum absolute atomic E-state index is 0.283. The maximum Gasteiger partial charge on any atom is 0.228 e. The van der Waals surface area contributed by atoms with Gasteiger partial charge in [0.2, 0.25) is 18.4 Å². The second-order valence-electron chi connectivity index (χ2n) is 9.03. The summed E-state index contributed by atoms with van der Waals surface area (Å²) in [4.78, 5) is 11.2. The third-order valence-corrected chi connectivity index (χ3v) is 8.15. The Morgan fingerprint density at radius 2 is 1.89 bits per heavy atom. The molecule has 0 amide bonds. The second-order valence-corrected chi connectivity index (χ2v) is 11.4. The third-order valence-electron chi connectivity index (χ3n) is 6.47. The zero-order valence-corrected chi connectivity index (χ0v) is 21.4. The molecule has 12 heteroatoms. The van der Waals surface area contributed by atoms with E-state index < -0.39 is 16.7 Å². The van der Waals surface area contributed by atoms with Crippen LogP contribution in [0.4, 0.5) is 10.2 Å². The van der Waals surface area contributed by atoms with Gasteiger partial charge in [0, 0.05) is 37.2 Å². The van der Waals surface area contributed by atoms with Gasteiger partial charge in [0.05, 0.1) is 11.8 Å². The highest BCUT2D eigenvalue weighted by Crippen LogP contribution is 2.27. The molecule has 1 saturated heterocycles. The number of pyridine rings is 1. The van der Waals surface area contributed by atoms with Crippen molar-refractivity contribution in [2.24, 2.45) is 0 Å². The predicted octanol–water partition coefficient (Wildman–Crippen LogP) is 3.67. The average Bonchev–Trinajstić information content (AvgIpc) is 3.52. The number of hydrogen-bond acceptors (Lipinski definition) is 9. The van der Waals surface area contributed by atoms with E-state index in [0.717, 1.165) is 16.9 Å². The molecule has 0 bridgehead atoms. The Kier molecular flexibility index (Phi) is 6.92. The number of piperidine rings is 1. The van der Waals surface area contributed by atoms with Crippen molar-refractivity contribution >= 4 is 15.7 Å². The van der Waals surface area contributed by atoms with Gasteiger partial charge in [0.25, 0.3) is 0 Å². The summed E-state index contributed by atoms with van der Waals surface area (Å²) >= 11 is 0. The minimum atomic E-state index is -3.02. The second kappa shape index (κ2) is 10.3. The van der Waals surface area contributed by atoms with E-state index in [1.165, 1.54) is 6.26 Å². The summed E-state index contributed by atoms with van der Waals surface area (Å²) in [6.45, 7) is 2.78. The maximum absolute atomic E-state index is 12.3. The van der Waals surface area contributed by atoms with Crippen LogP contribution in [0.5, 0.6) is 5.75 Å². The van der Waals surface area contributed by atoms with Gasteiger partial charge in [-0.2, -0.15) is 0 Å². The van der Waals surface area contributed by atoms with Gasteiger partial charge in [-0.05, 0) is 61.7 Å². The van der Waals surface area contributed by atoms with Crippen molar-refractivity contribution < 1.29 is 22.1 Å². The van der Waals surface area contributed by atoms with Gasteiger partial charge in [0.15, 0.2) is 0 Å². The Morgan fingerprint density at radius 3 is 2.59 bits per heavy atom. The van der Waals surface area contributed by atoms with E-state index in [9.17, 15) is 12.8 Å². The zero-order valence-electron chi connectivity index (χ0n) is 20.5. The summed E-state index contributed by atoms with van der Waals surface area (Å²) in [6, 6.07) is 12.6. The average molecular weight is 527 g/mol. The summed E-state index contributed by atoms with van der Waals surface area (Å²) in [5, 5.41) is 8.44. The molecule has 5 rings (SSSR count). The van der Waals surface area contributed by atoms with Crippen molar-refractivity contribution in [2.75, 3.05) is 31.1 Å². The fourth-order valence-corrected chi connectivity index (χ4v) is 5.46. The Labute approximate surface area is 214 Å². The number of aromatic nitrogens is 5. The number of ether oxygens (including phenoxy) is 1. The number of benzene rings is 1. The third kappa shape index (κ3) is 5.63.